The van der Waals surface area contributed by atoms with E-state index >= 15 is 0 Å². The van der Waals surface area contributed by atoms with Crippen molar-refractivity contribution in [1.82, 2.24) is 4.90 Å². The number of hydrogen-bond donors (Lipinski definition) is 1. The second-order valence-electron chi connectivity index (χ2n) is 4.67. The van der Waals surface area contributed by atoms with Gasteiger partial charge in [-0.3, -0.25) is 9.59 Å². The molecule has 0 aromatic heterocycles. The predicted molar refractivity (Wildman–Crippen MR) is 67.8 cm³/mol. The number of amides is 1. The van der Waals surface area contributed by atoms with E-state index in [1.807, 2.05) is 0 Å². The largest absolute Gasteiger partial charge is 0.481 e. The molecule has 1 aliphatic heterocycles. The third kappa shape index (κ3) is 6.34. The summed E-state index contributed by atoms with van der Waals surface area (Å²) in [6.45, 7) is -1.08. The van der Waals surface area contributed by atoms with Gasteiger partial charge in [-0.15, -0.1) is 0 Å². The molecule has 0 aliphatic carbocycles. The minimum Gasteiger partial charge on any atom is -0.481 e. The van der Waals surface area contributed by atoms with E-state index in [9.17, 15) is 26.8 Å². The van der Waals surface area contributed by atoms with Gasteiger partial charge >= 0.3 is 5.97 Å². The molecule has 1 rings (SSSR count). The number of nitrogens with zero attached hydrogens (tertiary/aromatic N) is 1. The van der Waals surface area contributed by atoms with Crippen molar-refractivity contribution in [1.29, 1.82) is 0 Å². The zero-order valence-electron chi connectivity index (χ0n) is 11.2. The Morgan fingerprint density at radius 2 is 2.05 bits per heavy atom. The number of carbonyl (C=O) groups is 2. The van der Waals surface area contributed by atoms with Gasteiger partial charge < -0.3 is 14.7 Å². The first-order chi connectivity index (χ1) is 9.71. The predicted octanol–water partition coefficient (Wildman–Crippen LogP) is -0.241. The highest BCUT2D eigenvalue weighted by Gasteiger charge is 2.35. The standard InChI is InChI=1S/C11H17F2NO6S/c12-9(13)6-20-3-1-10(15)14-2-4-21(18,19)7-8(14)5-11(16)17/h8-9H,1-7H2,(H,16,17). The Morgan fingerprint density at radius 1 is 1.38 bits per heavy atom. The first-order valence-electron chi connectivity index (χ1n) is 6.29. The van der Waals surface area contributed by atoms with Crippen molar-refractivity contribution in [2.75, 3.05) is 31.3 Å². The van der Waals surface area contributed by atoms with Gasteiger partial charge in [-0.2, -0.15) is 0 Å². The van der Waals surface area contributed by atoms with Crippen molar-refractivity contribution in [3.05, 3.63) is 0 Å². The van der Waals surface area contributed by atoms with Crippen LogP contribution in [0.25, 0.3) is 0 Å². The van der Waals surface area contributed by atoms with E-state index in [2.05, 4.69) is 4.74 Å². The number of hydrogen-bond acceptors (Lipinski definition) is 5. The smallest absolute Gasteiger partial charge is 0.305 e. The molecular formula is C11H17F2NO6S. The molecule has 0 bridgehead atoms. The third-order valence-electron chi connectivity index (χ3n) is 2.96. The van der Waals surface area contributed by atoms with Crippen LogP contribution in [0, 0.1) is 0 Å². The average molecular weight is 329 g/mol. The Hall–Kier alpha value is -1.29. The minimum absolute atomic E-state index is 0.0893. The first kappa shape index (κ1) is 17.8. The summed E-state index contributed by atoms with van der Waals surface area (Å²) >= 11 is 0. The van der Waals surface area contributed by atoms with Crippen molar-refractivity contribution in [2.24, 2.45) is 0 Å². The van der Waals surface area contributed by atoms with Crippen LogP contribution >= 0.6 is 0 Å². The fourth-order valence-corrected chi connectivity index (χ4v) is 3.59. The number of aliphatic carboxylic acids is 1. The van der Waals surface area contributed by atoms with Crippen LogP contribution in [0.15, 0.2) is 0 Å². The van der Waals surface area contributed by atoms with E-state index in [0.717, 1.165) is 0 Å². The quantitative estimate of drug-likeness (QED) is 0.647. The Kier molecular flexibility index (Phi) is 6.46. The van der Waals surface area contributed by atoms with Gasteiger partial charge in [-0.1, -0.05) is 0 Å². The average Bonchev–Trinajstić information content (AvgIpc) is 2.32. The molecule has 1 fully saturated rings. The van der Waals surface area contributed by atoms with Gasteiger partial charge in [0, 0.05) is 6.54 Å². The monoisotopic (exact) mass is 329 g/mol. The van der Waals surface area contributed by atoms with Crippen LogP contribution in [-0.2, 0) is 24.2 Å². The Bertz CT molecular complexity index is 481. The van der Waals surface area contributed by atoms with Gasteiger partial charge in [0.15, 0.2) is 9.84 Å². The van der Waals surface area contributed by atoms with Crippen molar-refractivity contribution < 1.29 is 36.6 Å². The zero-order chi connectivity index (χ0) is 16.0. The number of carboxylic acid groups (broad SMARTS) is 1. The summed E-state index contributed by atoms with van der Waals surface area (Å²) < 4.78 is 51.3. The second-order valence-corrected chi connectivity index (χ2v) is 6.90. The number of carbonyl (C=O) groups excluding carboxylic acids is 1. The maximum atomic E-state index is 11.9. The van der Waals surface area contributed by atoms with Crippen LogP contribution in [0.4, 0.5) is 8.78 Å². The molecule has 10 heteroatoms. The lowest BCUT2D eigenvalue weighted by atomic mass is 10.2. The lowest BCUT2D eigenvalue weighted by Gasteiger charge is -2.34. The molecule has 0 aromatic rings. The number of rotatable bonds is 7. The Morgan fingerprint density at radius 3 is 2.62 bits per heavy atom. The van der Waals surface area contributed by atoms with Gasteiger partial charge in [0.05, 0.1) is 37.0 Å². The lowest BCUT2D eigenvalue weighted by Crippen LogP contribution is -2.52. The molecule has 1 heterocycles. The van der Waals surface area contributed by atoms with Crippen LogP contribution in [0.3, 0.4) is 0 Å². The van der Waals surface area contributed by atoms with Crippen LogP contribution < -0.4 is 0 Å². The van der Waals surface area contributed by atoms with Crippen LogP contribution in [0.1, 0.15) is 12.8 Å². The Labute approximate surface area is 120 Å². The topological polar surface area (TPSA) is 101 Å². The molecule has 1 aliphatic rings. The summed E-state index contributed by atoms with van der Waals surface area (Å²) in [5, 5.41) is 8.77. The van der Waals surface area contributed by atoms with Crippen molar-refractivity contribution >= 4 is 21.7 Å². The van der Waals surface area contributed by atoms with Crippen molar-refractivity contribution in [2.45, 2.75) is 25.3 Å². The number of sulfone groups is 1. The molecule has 0 aromatic carbocycles. The maximum Gasteiger partial charge on any atom is 0.305 e. The highest BCUT2D eigenvalue weighted by molar-refractivity contribution is 7.91. The second kappa shape index (κ2) is 7.64. The minimum atomic E-state index is -3.37. The van der Waals surface area contributed by atoms with E-state index in [1.165, 1.54) is 4.90 Å². The number of carboxylic acids is 1. The normalized spacial score (nSPS) is 21.5. The van der Waals surface area contributed by atoms with Gasteiger partial charge in [-0.25, -0.2) is 17.2 Å². The lowest BCUT2D eigenvalue weighted by molar-refractivity contribution is -0.140. The number of halogens is 2. The summed E-state index contributed by atoms with van der Waals surface area (Å²) in [5.74, 6) is -2.33. The molecule has 1 atom stereocenters. The van der Waals surface area contributed by atoms with E-state index < -0.39 is 53.0 Å². The molecule has 0 spiro atoms. The van der Waals surface area contributed by atoms with E-state index in [-0.39, 0.29) is 25.3 Å². The SMILES string of the molecule is O=C(O)CC1CS(=O)(=O)CCN1C(=O)CCOCC(F)F. The van der Waals surface area contributed by atoms with E-state index in [0.29, 0.717) is 0 Å². The van der Waals surface area contributed by atoms with Crippen LogP contribution in [0.5, 0.6) is 0 Å². The fourth-order valence-electron chi connectivity index (χ4n) is 2.06. The summed E-state index contributed by atoms with van der Waals surface area (Å²) in [7, 11) is -3.37. The molecule has 0 saturated carbocycles. The fraction of sp³-hybridized carbons (Fsp3) is 0.818. The molecule has 1 amide bonds. The van der Waals surface area contributed by atoms with Crippen molar-refractivity contribution in [3.8, 4) is 0 Å². The van der Waals surface area contributed by atoms with E-state index in [1.54, 1.807) is 0 Å². The van der Waals surface area contributed by atoms with Gasteiger partial charge in [0.2, 0.25) is 5.91 Å². The zero-order valence-corrected chi connectivity index (χ0v) is 12.0. The molecular weight excluding hydrogens is 312 g/mol. The van der Waals surface area contributed by atoms with Gasteiger partial charge in [-0.05, 0) is 0 Å². The van der Waals surface area contributed by atoms with Crippen LogP contribution in [-0.4, -0.2) is 74.0 Å². The summed E-state index contributed by atoms with van der Waals surface area (Å²) in [6.07, 6.45) is -3.29. The number of alkyl halides is 2. The molecule has 1 unspecified atom stereocenters. The summed E-state index contributed by atoms with van der Waals surface area (Å²) in [6, 6.07) is -0.927. The highest BCUT2D eigenvalue weighted by atomic mass is 32.2. The molecule has 1 N–H and O–H groups in total. The summed E-state index contributed by atoms with van der Waals surface area (Å²) in [5.41, 5.74) is 0. The van der Waals surface area contributed by atoms with Crippen LogP contribution in [0.2, 0.25) is 0 Å². The van der Waals surface area contributed by atoms with E-state index in [4.69, 9.17) is 5.11 Å². The third-order valence-corrected chi connectivity index (χ3v) is 4.66. The molecule has 7 nitrogen and oxygen atoms in total. The summed E-state index contributed by atoms with van der Waals surface area (Å²) in [4.78, 5) is 23.8. The van der Waals surface area contributed by atoms with Crippen molar-refractivity contribution in [3.63, 3.8) is 0 Å². The highest BCUT2D eigenvalue weighted by Crippen LogP contribution is 2.16. The molecule has 0 radical (unpaired) electrons. The molecule has 1 saturated heterocycles. The first-order valence-corrected chi connectivity index (χ1v) is 8.11. The van der Waals surface area contributed by atoms with Gasteiger partial charge in [0.25, 0.3) is 6.43 Å². The van der Waals surface area contributed by atoms with Gasteiger partial charge in [0.1, 0.15) is 6.61 Å². The number of ether oxygens (including phenoxy) is 1. The maximum absolute atomic E-state index is 11.9. The Balaban J connectivity index is 2.56. The molecule has 21 heavy (non-hydrogen) atoms. The molecule has 122 valence electrons.